The highest BCUT2D eigenvalue weighted by Crippen LogP contribution is 2.41. The maximum atomic E-state index is 12.5. The minimum atomic E-state index is 0.114. The fourth-order valence-corrected chi connectivity index (χ4v) is 5.01. The molecule has 2 saturated carbocycles. The second-order valence-electron chi connectivity index (χ2n) is 7.04. The molecule has 2 unspecified atom stereocenters. The van der Waals surface area contributed by atoms with Gasteiger partial charge in [-0.15, -0.1) is 11.3 Å². The summed E-state index contributed by atoms with van der Waals surface area (Å²) in [6.45, 7) is 0.480. The first kappa shape index (κ1) is 15.8. The van der Waals surface area contributed by atoms with E-state index in [-0.39, 0.29) is 11.8 Å². The van der Waals surface area contributed by atoms with Crippen LogP contribution >= 0.6 is 11.3 Å². The Bertz CT molecular complexity index is 683. The summed E-state index contributed by atoms with van der Waals surface area (Å²) in [5, 5.41) is 5.89. The third kappa shape index (κ3) is 3.13. The third-order valence-electron chi connectivity index (χ3n) is 5.51. The van der Waals surface area contributed by atoms with Gasteiger partial charge in [0.2, 0.25) is 5.91 Å². The van der Waals surface area contributed by atoms with Gasteiger partial charge in [-0.05, 0) is 49.7 Å². The number of amides is 1. The van der Waals surface area contributed by atoms with Gasteiger partial charge in [-0.1, -0.05) is 6.42 Å². The Balaban J connectivity index is 1.34. The van der Waals surface area contributed by atoms with Crippen LogP contribution < -0.4 is 11.1 Å². The molecule has 5 nitrogen and oxygen atoms in total. The van der Waals surface area contributed by atoms with Crippen molar-refractivity contribution in [2.45, 2.75) is 44.7 Å². The number of nitrogens with two attached hydrogens (primary N) is 1. The molecule has 2 atom stereocenters. The number of furan rings is 1. The average molecular weight is 345 g/mol. The molecule has 0 aliphatic heterocycles. The van der Waals surface area contributed by atoms with E-state index < -0.39 is 0 Å². The van der Waals surface area contributed by atoms with Gasteiger partial charge in [0.15, 0.2) is 10.8 Å². The van der Waals surface area contributed by atoms with Gasteiger partial charge >= 0.3 is 0 Å². The summed E-state index contributed by atoms with van der Waals surface area (Å²) in [6.07, 6.45) is 7.16. The van der Waals surface area contributed by atoms with Gasteiger partial charge in [0.1, 0.15) is 0 Å². The Kier molecular flexibility index (Phi) is 4.41. The quantitative estimate of drug-likeness (QED) is 0.892. The van der Waals surface area contributed by atoms with Gasteiger partial charge in [-0.3, -0.25) is 4.79 Å². The first-order valence-electron chi connectivity index (χ1n) is 8.72. The highest BCUT2D eigenvalue weighted by atomic mass is 32.1. The molecule has 3 N–H and O–H groups in total. The molecule has 2 aliphatic rings. The lowest BCUT2D eigenvalue weighted by Gasteiger charge is -2.43. The number of carbonyl (C=O) groups excluding carboxylic acids is 1. The predicted molar refractivity (Wildman–Crippen MR) is 93.2 cm³/mol. The average Bonchev–Trinajstić information content (AvgIpc) is 3.23. The lowest BCUT2D eigenvalue weighted by Crippen LogP contribution is -2.49. The lowest BCUT2D eigenvalue weighted by atomic mass is 9.65. The van der Waals surface area contributed by atoms with E-state index in [0.717, 1.165) is 29.3 Å². The minimum absolute atomic E-state index is 0.114. The van der Waals surface area contributed by atoms with E-state index in [0.29, 0.717) is 24.4 Å². The number of thiazole rings is 1. The summed E-state index contributed by atoms with van der Waals surface area (Å²) < 4.78 is 5.35. The Labute approximate surface area is 145 Å². The van der Waals surface area contributed by atoms with Gasteiger partial charge in [-0.2, -0.15) is 0 Å². The van der Waals surface area contributed by atoms with Crippen LogP contribution in [0.25, 0.3) is 10.8 Å². The van der Waals surface area contributed by atoms with Crippen molar-refractivity contribution >= 4 is 17.2 Å². The number of carbonyl (C=O) groups is 1. The number of nitrogens with zero attached hydrogens (tertiary/aromatic N) is 1. The van der Waals surface area contributed by atoms with E-state index in [1.54, 1.807) is 6.26 Å². The number of aromatic nitrogens is 1. The number of hydrogen-bond acceptors (Lipinski definition) is 5. The maximum absolute atomic E-state index is 12.5. The Morgan fingerprint density at radius 2 is 2.17 bits per heavy atom. The Morgan fingerprint density at radius 3 is 2.88 bits per heavy atom. The molecular weight excluding hydrogens is 322 g/mol. The number of nitrogens with one attached hydrogen (secondary N) is 1. The van der Waals surface area contributed by atoms with Crippen LogP contribution in [0.1, 0.15) is 37.8 Å². The van der Waals surface area contributed by atoms with Crippen molar-refractivity contribution in [1.29, 1.82) is 0 Å². The van der Waals surface area contributed by atoms with Crippen LogP contribution in [-0.4, -0.2) is 16.9 Å². The van der Waals surface area contributed by atoms with E-state index >= 15 is 0 Å². The normalized spacial score (nSPS) is 29.4. The molecule has 6 heteroatoms. The van der Waals surface area contributed by atoms with Gasteiger partial charge in [-0.25, -0.2) is 4.98 Å². The minimum Gasteiger partial charge on any atom is -0.462 e. The molecule has 0 saturated heterocycles. The van der Waals surface area contributed by atoms with Crippen molar-refractivity contribution in [2.24, 2.45) is 23.5 Å². The number of hydrogen-bond donors (Lipinski definition) is 2. The Hall–Kier alpha value is -1.66. The highest BCUT2D eigenvalue weighted by Gasteiger charge is 2.40. The lowest BCUT2D eigenvalue weighted by molar-refractivity contribution is -0.128. The molecule has 0 spiro atoms. The number of rotatable bonds is 4. The zero-order valence-electron chi connectivity index (χ0n) is 13.6. The highest BCUT2D eigenvalue weighted by molar-refractivity contribution is 7.13. The molecular formula is C18H23N3O2S. The summed E-state index contributed by atoms with van der Waals surface area (Å²) in [6, 6.07) is 4.05. The number of fused-ring (bicyclic) bond motifs is 2. The van der Waals surface area contributed by atoms with Crippen molar-refractivity contribution in [2.75, 3.05) is 0 Å². The molecule has 0 radical (unpaired) electrons. The van der Waals surface area contributed by atoms with E-state index in [1.807, 2.05) is 17.5 Å². The van der Waals surface area contributed by atoms with Crippen LogP contribution in [0.4, 0.5) is 0 Å². The molecule has 2 bridgehead atoms. The van der Waals surface area contributed by atoms with E-state index in [4.69, 9.17) is 10.2 Å². The molecule has 0 aromatic carbocycles. The molecule has 2 aliphatic carbocycles. The molecule has 128 valence electrons. The zero-order chi connectivity index (χ0) is 16.5. The van der Waals surface area contributed by atoms with Crippen LogP contribution in [0.15, 0.2) is 28.2 Å². The maximum Gasteiger partial charge on any atom is 0.223 e. The molecule has 1 amide bonds. The molecule has 24 heavy (non-hydrogen) atoms. The Morgan fingerprint density at radius 1 is 1.38 bits per heavy atom. The monoisotopic (exact) mass is 345 g/mol. The fraction of sp³-hybridized carbons (Fsp3) is 0.556. The van der Waals surface area contributed by atoms with Crippen LogP contribution in [0.3, 0.4) is 0 Å². The molecule has 4 rings (SSSR count). The SMILES string of the molecule is NC1C2CCCC1CC(C(=O)NCc1csc(-c3ccco3)n1)C2. The van der Waals surface area contributed by atoms with Crippen LogP contribution in [0.5, 0.6) is 0 Å². The first-order valence-corrected chi connectivity index (χ1v) is 9.60. The van der Waals surface area contributed by atoms with Crippen LogP contribution in [0, 0.1) is 17.8 Å². The van der Waals surface area contributed by atoms with Gasteiger partial charge in [0.25, 0.3) is 0 Å². The molecule has 2 aromatic heterocycles. The van der Waals surface area contributed by atoms with E-state index in [1.165, 1.54) is 30.6 Å². The summed E-state index contributed by atoms with van der Waals surface area (Å²) in [7, 11) is 0. The molecule has 2 fully saturated rings. The summed E-state index contributed by atoms with van der Waals surface area (Å²) >= 11 is 1.54. The second-order valence-corrected chi connectivity index (χ2v) is 7.89. The molecule has 2 heterocycles. The largest absolute Gasteiger partial charge is 0.462 e. The predicted octanol–water partition coefficient (Wildman–Crippen LogP) is 3.17. The van der Waals surface area contributed by atoms with Gasteiger partial charge in [0, 0.05) is 17.3 Å². The van der Waals surface area contributed by atoms with Crippen molar-refractivity contribution in [1.82, 2.24) is 10.3 Å². The van der Waals surface area contributed by atoms with Crippen molar-refractivity contribution in [3.8, 4) is 10.8 Å². The van der Waals surface area contributed by atoms with Crippen LogP contribution in [-0.2, 0) is 11.3 Å². The molecule has 2 aromatic rings. The topological polar surface area (TPSA) is 81.2 Å². The van der Waals surface area contributed by atoms with Crippen molar-refractivity contribution in [3.63, 3.8) is 0 Å². The zero-order valence-corrected chi connectivity index (χ0v) is 14.4. The van der Waals surface area contributed by atoms with Crippen molar-refractivity contribution in [3.05, 3.63) is 29.5 Å². The van der Waals surface area contributed by atoms with E-state index in [2.05, 4.69) is 10.3 Å². The summed E-state index contributed by atoms with van der Waals surface area (Å²) in [5.41, 5.74) is 7.19. The van der Waals surface area contributed by atoms with Gasteiger partial charge in [0.05, 0.1) is 18.5 Å². The standard InChI is InChI=1S/C18H23N3O2S/c19-16-11-3-1-4-12(16)8-13(7-11)17(22)20-9-14-10-24-18(21-14)15-5-2-6-23-15/h2,5-6,10-13,16H,1,3-4,7-9,19H2,(H,20,22). The van der Waals surface area contributed by atoms with Crippen molar-refractivity contribution < 1.29 is 9.21 Å². The fourth-order valence-electron chi connectivity index (χ4n) is 4.23. The smallest absolute Gasteiger partial charge is 0.223 e. The second kappa shape index (κ2) is 6.69. The first-order chi connectivity index (χ1) is 11.7. The van der Waals surface area contributed by atoms with Crippen LogP contribution in [0.2, 0.25) is 0 Å². The van der Waals surface area contributed by atoms with E-state index in [9.17, 15) is 4.79 Å². The summed E-state index contributed by atoms with van der Waals surface area (Å²) in [5.74, 6) is 2.09. The summed E-state index contributed by atoms with van der Waals surface area (Å²) in [4.78, 5) is 17.1. The third-order valence-corrected chi connectivity index (χ3v) is 6.42. The van der Waals surface area contributed by atoms with Gasteiger partial charge < -0.3 is 15.5 Å².